The van der Waals surface area contributed by atoms with Gasteiger partial charge in [-0.15, -0.1) is 0 Å². The minimum atomic E-state index is -0.0295. The molecule has 0 spiro atoms. The van der Waals surface area contributed by atoms with Crippen LogP contribution in [0.2, 0.25) is 5.02 Å². The van der Waals surface area contributed by atoms with Crippen LogP contribution in [0.15, 0.2) is 18.2 Å². The van der Waals surface area contributed by atoms with Gasteiger partial charge in [-0.3, -0.25) is 9.59 Å². The molecule has 1 aromatic rings. The highest BCUT2D eigenvalue weighted by molar-refractivity contribution is 6.31. The van der Waals surface area contributed by atoms with Gasteiger partial charge in [0, 0.05) is 28.6 Å². The molecule has 1 aliphatic carbocycles. The van der Waals surface area contributed by atoms with Crippen molar-refractivity contribution in [2.75, 3.05) is 5.32 Å². The number of aryl methyl sites for hydroxylation is 1. The number of carbonyl (C=O) groups is 2. The Bertz CT molecular complexity index is 578. The van der Waals surface area contributed by atoms with E-state index >= 15 is 0 Å². The van der Waals surface area contributed by atoms with Crippen molar-refractivity contribution in [1.29, 1.82) is 0 Å². The van der Waals surface area contributed by atoms with Gasteiger partial charge in [0.2, 0.25) is 11.8 Å². The van der Waals surface area contributed by atoms with E-state index < -0.39 is 0 Å². The quantitative estimate of drug-likeness (QED) is 0.875. The van der Waals surface area contributed by atoms with Crippen molar-refractivity contribution in [3.63, 3.8) is 0 Å². The largest absolute Gasteiger partial charge is 0.354 e. The molecule has 1 fully saturated rings. The van der Waals surface area contributed by atoms with Crippen LogP contribution in [0, 0.1) is 18.8 Å². The number of rotatable bonds is 4. The fourth-order valence-corrected chi connectivity index (χ4v) is 3.12. The van der Waals surface area contributed by atoms with Crippen molar-refractivity contribution in [2.45, 2.75) is 52.5 Å². The molecule has 5 heteroatoms. The highest BCUT2D eigenvalue weighted by Gasteiger charge is 2.30. The topological polar surface area (TPSA) is 58.2 Å². The maximum atomic E-state index is 12.4. The zero-order chi connectivity index (χ0) is 17.0. The maximum Gasteiger partial charge on any atom is 0.227 e. The first-order valence-corrected chi connectivity index (χ1v) is 8.62. The summed E-state index contributed by atoms with van der Waals surface area (Å²) in [5.41, 5.74) is 1.71. The Morgan fingerprint density at radius 2 is 1.65 bits per heavy atom. The van der Waals surface area contributed by atoms with Crippen molar-refractivity contribution in [2.24, 2.45) is 11.8 Å². The van der Waals surface area contributed by atoms with Crippen LogP contribution in [-0.4, -0.2) is 17.9 Å². The summed E-state index contributed by atoms with van der Waals surface area (Å²) in [6, 6.07) is 5.69. The van der Waals surface area contributed by atoms with E-state index in [1.807, 2.05) is 32.9 Å². The third kappa shape index (κ3) is 4.96. The molecule has 0 unspecified atom stereocenters. The second-order valence-corrected chi connectivity index (χ2v) is 7.07. The molecule has 0 radical (unpaired) electrons. The highest BCUT2D eigenvalue weighted by atomic mass is 35.5. The lowest BCUT2D eigenvalue weighted by molar-refractivity contribution is -0.128. The number of nitrogens with one attached hydrogen (secondary N) is 2. The minimum Gasteiger partial charge on any atom is -0.354 e. The molecular formula is C18H25ClN2O2. The van der Waals surface area contributed by atoms with E-state index in [4.69, 9.17) is 11.6 Å². The average Bonchev–Trinajstić information content (AvgIpc) is 2.50. The van der Waals surface area contributed by atoms with Crippen LogP contribution in [0.4, 0.5) is 5.69 Å². The summed E-state index contributed by atoms with van der Waals surface area (Å²) in [6.07, 6.45) is 3.04. The molecule has 4 nitrogen and oxygen atoms in total. The summed E-state index contributed by atoms with van der Waals surface area (Å²) >= 11 is 6.08. The molecular weight excluding hydrogens is 312 g/mol. The molecule has 0 bridgehead atoms. The number of carbonyl (C=O) groups excluding carboxylic acids is 2. The predicted molar refractivity (Wildman–Crippen MR) is 93.5 cm³/mol. The molecule has 126 valence electrons. The van der Waals surface area contributed by atoms with Gasteiger partial charge in [0.1, 0.15) is 0 Å². The van der Waals surface area contributed by atoms with Crippen LogP contribution in [0.25, 0.3) is 0 Å². The molecule has 2 N–H and O–H groups in total. The van der Waals surface area contributed by atoms with Crippen LogP contribution in [0.1, 0.15) is 45.1 Å². The van der Waals surface area contributed by atoms with E-state index in [1.165, 1.54) is 0 Å². The Balaban J connectivity index is 1.86. The smallest absolute Gasteiger partial charge is 0.227 e. The summed E-state index contributed by atoms with van der Waals surface area (Å²) in [7, 11) is 0. The monoisotopic (exact) mass is 336 g/mol. The molecule has 1 saturated carbocycles. The number of hydrogen-bond donors (Lipinski definition) is 2. The normalized spacial score (nSPS) is 21.1. The summed E-state index contributed by atoms with van der Waals surface area (Å²) in [5.74, 6) is 0.144. The first-order valence-electron chi connectivity index (χ1n) is 8.24. The van der Waals surface area contributed by atoms with Gasteiger partial charge in [0.05, 0.1) is 0 Å². The van der Waals surface area contributed by atoms with Gasteiger partial charge in [-0.2, -0.15) is 0 Å². The molecule has 0 heterocycles. The lowest BCUT2D eigenvalue weighted by Gasteiger charge is -2.27. The molecule has 1 aromatic carbocycles. The van der Waals surface area contributed by atoms with Crippen LogP contribution in [-0.2, 0) is 9.59 Å². The highest BCUT2D eigenvalue weighted by Crippen LogP contribution is 2.30. The number of amides is 2. The minimum absolute atomic E-state index is 0.0210. The van der Waals surface area contributed by atoms with Crippen LogP contribution < -0.4 is 10.6 Å². The van der Waals surface area contributed by atoms with E-state index in [0.29, 0.717) is 5.02 Å². The molecule has 0 aromatic heterocycles. The van der Waals surface area contributed by atoms with Crippen LogP contribution in [0.3, 0.4) is 0 Å². The number of halogens is 1. The summed E-state index contributed by atoms with van der Waals surface area (Å²) < 4.78 is 0. The second-order valence-electron chi connectivity index (χ2n) is 6.67. The van der Waals surface area contributed by atoms with Crippen LogP contribution in [0.5, 0.6) is 0 Å². The van der Waals surface area contributed by atoms with Gasteiger partial charge in [-0.05, 0) is 64.2 Å². The predicted octanol–water partition coefficient (Wildman–Crippen LogP) is 3.92. The van der Waals surface area contributed by atoms with E-state index in [-0.39, 0.29) is 29.7 Å². The molecule has 2 rings (SSSR count). The van der Waals surface area contributed by atoms with Crippen molar-refractivity contribution in [3.05, 3.63) is 28.8 Å². The number of benzene rings is 1. The van der Waals surface area contributed by atoms with Gasteiger partial charge < -0.3 is 10.6 Å². The number of anilines is 1. The van der Waals surface area contributed by atoms with Crippen molar-refractivity contribution in [3.8, 4) is 0 Å². The molecule has 2 amide bonds. The van der Waals surface area contributed by atoms with Gasteiger partial charge in [-0.1, -0.05) is 17.7 Å². The standard InChI is InChI=1S/C18H25ClN2O2/c1-11(2)20-17(22)13-5-7-14(8-6-13)18(23)21-15-9-4-12(3)16(19)10-15/h4,9-11,13-14H,5-8H2,1-3H3,(H,20,22)(H,21,23). The van der Waals surface area contributed by atoms with E-state index in [9.17, 15) is 9.59 Å². The first-order chi connectivity index (χ1) is 10.9. The van der Waals surface area contributed by atoms with Crippen molar-refractivity contribution < 1.29 is 9.59 Å². The van der Waals surface area contributed by atoms with Gasteiger partial charge in [0.15, 0.2) is 0 Å². The zero-order valence-corrected chi connectivity index (χ0v) is 14.7. The van der Waals surface area contributed by atoms with Crippen LogP contribution >= 0.6 is 11.6 Å². The lowest BCUT2D eigenvalue weighted by Crippen LogP contribution is -2.38. The van der Waals surface area contributed by atoms with E-state index in [1.54, 1.807) is 6.07 Å². The molecule has 23 heavy (non-hydrogen) atoms. The fraction of sp³-hybridized carbons (Fsp3) is 0.556. The van der Waals surface area contributed by atoms with Gasteiger partial charge >= 0.3 is 0 Å². The third-order valence-electron chi connectivity index (χ3n) is 4.34. The average molecular weight is 337 g/mol. The Kier molecular flexibility index (Phi) is 6.05. The molecule has 0 aliphatic heterocycles. The van der Waals surface area contributed by atoms with Crippen molar-refractivity contribution in [1.82, 2.24) is 5.32 Å². The Hall–Kier alpha value is -1.55. The van der Waals surface area contributed by atoms with E-state index in [2.05, 4.69) is 10.6 Å². The summed E-state index contributed by atoms with van der Waals surface area (Å²) in [4.78, 5) is 24.4. The fourth-order valence-electron chi connectivity index (χ4n) is 2.94. The lowest BCUT2D eigenvalue weighted by atomic mass is 9.81. The summed E-state index contributed by atoms with van der Waals surface area (Å²) in [6.45, 7) is 5.85. The van der Waals surface area contributed by atoms with Crippen molar-refractivity contribution >= 4 is 29.1 Å². The second kappa shape index (κ2) is 7.82. The Morgan fingerprint density at radius 3 is 2.17 bits per heavy atom. The summed E-state index contributed by atoms with van der Waals surface area (Å²) in [5, 5.41) is 6.54. The van der Waals surface area contributed by atoms with Gasteiger partial charge in [0.25, 0.3) is 0 Å². The SMILES string of the molecule is Cc1ccc(NC(=O)C2CCC(C(=O)NC(C)C)CC2)cc1Cl. The third-order valence-corrected chi connectivity index (χ3v) is 4.75. The molecule has 0 atom stereocenters. The zero-order valence-electron chi connectivity index (χ0n) is 14.0. The van der Waals surface area contributed by atoms with Gasteiger partial charge in [-0.25, -0.2) is 0 Å². The number of hydrogen-bond acceptors (Lipinski definition) is 2. The van der Waals surface area contributed by atoms with E-state index in [0.717, 1.165) is 36.9 Å². The molecule has 0 saturated heterocycles. The Labute approximate surface area is 143 Å². The maximum absolute atomic E-state index is 12.4. The first kappa shape index (κ1) is 17.8. The Morgan fingerprint density at radius 1 is 1.09 bits per heavy atom. The molecule has 1 aliphatic rings.